The molecule has 38 heavy (non-hydrogen) atoms. The van der Waals surface area contributed by atoms with Gasteiger partial charge in [0.15, 0.2) is 0 Å². The third-order valence-electron chi connectivity index (χ3n) is 8.25. The highest BCUT2D eigenvalue weighted by Crippen LogP contribution is 2.54. The Kier molecular flexibility index (Phi) is 7.55. The summed E-state index contributed by atoms with van der Waals surface area (Å²) in [5, 5.41) is 10.9. The number of carbonyl (C=O) groups excluding carboxylic acids is 1. The van der Waals surface area contributed by atoms with Gasteiger partial charge in [-0.05, 0) is 67.0 Å². The third-order valence-corrected chi connectivity index (χ3v) is 10.6. The summed E-state index contributed by atoms with van der Waals surface area (Å²) in [6.07, 6.45) is 2.43. The van der Waals surface area contributed by atoms with Gasteiger partial charge in [-0.15, -0.1) is 0 Å². The third kappa shape index (κ3) is 5.46. The maximum atomic E-state index is 14.4. The average molecular weight is 580 g/mol. The van der Waals surface area contributed by atoms with Crippen molar-refractivity contribution in [2.24, 2.45) is 11.3 Å². The van der Waals surface area contributed by atoms with Crippen molar-refractivity contribution in [2.75, 3.05) is 18.8 Å². The van der Waals surface area contributed by atoms with Crippen LogP contribution in [0.15, 0.2) is 48.5 Å². The fraction of sp³-hybridized carbons (Fsp3) is 0.500. The fourth-order valence-corrected chi connectivity index (χ4v) is 8.27. The first kappa shape index (κ1) is 27.4. The number of sulfonamides is 1. The summed E-state index contributed by atoms with van der Waals surface area (Å²) < 4.78 is 28.3. The summed E-state index contributed by atoms with van der Waals surface area (Å²) in [6, 6.07) is 13.6. The van der Waals surface area contributed by atoms with Crippen LogP contribution in [0.2, 0.25) is 10.0 Å². The first-order valence-corrected chi connectivity index (χ1v) is 15.4. The van der Waals surface area contributed by atoms with Gasteiger partial charge in [-0.2, -0.15) is 0 Å². The lowest BCUT2D eigenvalue weighted by Gasteiger charge is -2.52. The van der Waals surface area contributed by atoms with Crippen molar-refractivity contribution >= 4 is 45.1 Å². The summed E-state index contributed by atoms with van der Waals surface area (Å²) in [4.78, 5) is 28.1. The molecule has 204 valence electrons. The zero-order chi connectivity index (χ0) is 27.2. The Morgan fingerprint density at radius 3 is 2.32 bits per heavy atom. The van der Waals surface area contributed by atoms with Crippen LogP contribution in [0.3, 0.4) is 0 Å². The molecule has 7 nitrogen and oxygen atoms in total. The van der Waals surface area contributed by atoms with Crippen molar-refractivity contribution in [3.8, 4) is 0 Å². The smallest absolute Gasteiger partial charge is 0.304 e. The minimum absolute atomic E-state index is 0.0389. The molecule has 10 heteroatoms. The van der Waals surface area contributed by atoms with Gasteiger partial charge in [-0.1, -0.05) is 54.4 Å². The van der Waals surface area contributed by atoms with Gasteiger partial charge in [0.05, 0.1) is 29.7 Å². The zero-order valence-electron chi connectivity index (χ0n) is 21.2. The van der Waals surface area contributed by atoms with E-state index in [1.54, 1.807) is 30.0 Å². The second kappa shape index (κ2) is 10.5. The maximum absolute atomic E-state index is 14.4. The molecule has 2 aliphatic heterocycles. The number of carboxylic acid groups (broad SMARTS) is 1. The van der Waals surface area contributed by atoms with Crippen LogP contribution < -0.4 is 0 Å². The van der Waals surface area contributed by atoms with Crippen LogP contribution in [0.4, 0.5) is 0 Å². The average Bonchev–Trinajstić information content (AvgIpc) is 3.63. The molecule has 1 saturated carbocycles. The minimum atomic E-state index is -3.58. The largest absolute Gasteiger partial charge is 0.481 e. The number of nitrogens with zero attached hydrogens (tertiary/aromatic N) is 2. The quantitative estimate of drug-likeness (QED) is 0.433. The molecule has 5 rings (SSSR count). The molecule has 3 aliphatic rings. The molecule has 0 spiro atoms. The summed E-state index contributed by atoms with van der Waals surface area (Å²) in [6.45, 7) is 2.69. The molecule has 4 atom stereocenters. The van der Waals surface area contributed by atoms with E-state index in [-0.39, 0.29) is 29.9 Å². The van der Waals surface area contributed by atoms with E-state index in [1.165, 1.54) is 4.31 Å². The summed E-state index contributed by atoms with van der Waals surface area (Å²) in [7, 11) is -3.58. The van der Waals surface area contributed by atoms with Crippen molar-refractivity contribution in [3.63, 3.8) is 0 Å². The molecule has 0 radical (unpaired) electrons. The lowest BCUT2D eigenvalue weighted by molar-refractivity contribution is -0.160. The number of benzene rings is 2. The second-order valence-electron chi connectivity index (χ2n) is 11.1. The van der Waals surface area contributed by atoms with Crippen LogP contribution in [0.1, 0.15) is 62.1 Å². The van der Waals surface area contributed by atoms with Crippen LogP contribution in [0.25, 0.3) is 0 Å². The molecule has 2 aromatic rings. The second-order valence-corrected chi connectivity index (χ2v) is 14.0. The van der Waals surface area contributed by atoms with Crippen molar-refractivity contribution in [1.29, 1.82) is 0 Å². The number of piperidine rings is 1. The predicted octanol–water partition coefficient (Wildman–Crippen LogP) is 5.35. The number of aliphatic carboxylic acids is 1. The van der Waals surface area contributed by atoms with Gasteiger partial charge in [-0.25, -0.2) is 12.7 Å². The standard InChI is InChI=1S/C28H32Cl2N2O5S/c1-28(16-25(33)34)15-23(20-4-2-5-22(30)14-20)26(19-8-10-21(29)11-9-19)32(27(28)35)24(18-6-7-18)17-38(36,37)31-12-3-13-31/h2,4-5,8-11,14,18,23-24,26H,3,6-7,12-13,15-17H2,1H3,(H,33,34)/t23-,24-,26-,28+/m1/s1. The van der Waals surface area contributed by atoms with Crippen LogP contribution in [0.5, 0.6) is 0 Å². The molecule has 0 unspecified atom stereocenters. The molecule has 2 heterocycles. The molecule has 0 aromatic heterocycles. The van der Waals surface area contributed by atoms with E-state index in [1.807, 2.05) is 30.3 Å². The van der Waals surface area contributed by atoms with Gasteiger partial charge in [0.25, 0.3) is 0 Å². The van der Waals surface area contributed by atoms with Gasteiger partial charge in [0.2, 0.25) is 15.9 Å². The lowest BCUT2D eigenvalue weighted by atomic mass is 9.67. The normalized spacial score (nSPS) is 27.1. The minimum Gasteiger partial charge on any atom is -0.481 e. The van der Waals surface area contributed by atoms with Crippen LogP contribution >= 0.6 is 23.2 Å². The molecular formula is C28H32Cl2N2O5S. The Morgan fingerprint density at radius 2 is 1.76 bits per heavy atom. The number of hydrogen-bond donors (Lipinski definition) is 1. The highest BCUT2D eigenvalue weighted by atomic mass is 35.5. The van der Waals surface area contributed by atoms with E-state index in [4.69, 9.17) is 23.2 Å². The van der Waals surface area contributed by atoms with E-state index >= 15 is 0 Å². The van der Waals surface area contributed by atoms with Crippen molar-refractivity contribution in [2.45, 2.75) is 57.0 Å². The molecule has 2 aromatic carbocycles. The topological polar surface area (TPSA) is 95.0 Å². The molecule has 1 aliphatic carbocycles. The Bertz CT molecular complexity index is 1330. The monoisotopic (exact) mass is 578 g/mol. The van der Waals surface area contributed by atoms with Crippen molar-refractivity contribution in [3.05, 3.63) is 69.7 Å². The van der Waals surface area contributed by atoms with Gasteiger partial charge in [0.1, 0.15) is 0 Å². The SMILES string of the molecule is C[C@@]1(CC(=O)O)C[C@H](c2cccc(Cl)c2)[C@@H](c2ccc(Cl)cc2)N([C@H](CS(=O)(=O)N2CCC2)C2CC2)C1=O. The molecule has 1 N–H and O–H groups in total. The van der Waals surface area contributed by atoms with Gasteiger partial charge in [0, 0.05) is 29.1 Å². The van der Waals surface area contributed by atoms with Crippen LogP contribution in [-0.2, 0) is 19.6 Å². The number of carbonyl (C=O) groups is 2. The Balaban J connectivity index is 1.67. The molecule has 2 saturated heterocycles. The van der Waals surface area contributed by atoms with E-state index in [9.17, 15) is 23.1 Å². The summed E-state index contributed by atoms with van der Waals surface area (Å²) in [5.74, 6) is -1.80. The zero-order valence-corrected chi connectivity index (χ0v) is 23.6. The molecule has 0 bridgehead atoms. The molecule has 3 fully saturated rings. The van der Waals surface area contributed by atoms with Crippen molar-refractivity contribution < 1.29 is 23.1 Å². The summed E-state index contributed by atoms with van der Waals surface area (Å²) in [5.41, 5.74) is 0.499. The van der Waals surface area contributed by atoms with E-state index < -0.39 is 33.5 Å². The molecular weight excluding hydrogens is 547 g/mol. The predicted molar refractivity (Wildman–Crippen MR) is 147 cm³/mol. The van der Waals surface area contributed by atoms with Crippen molar-refractivity contribution in [1.82, 2.24) is 9.21 Å². The van der Waals surface area contributed by atoms with Gasteiger partial charge >= 0.3 is 5.97 Å². The van der Waals surface area contributed by atoms with Crippen LogP contribution in [-0.4, -0.2) is 59.5 Å². The fourth-order valence-electron chi connectivity index (χ4n) is 6.06. The first-order valence-electron chi connectivity index (χ1n) is 13.0. The Hall–Kier alpha value is -2.13. The van der Waals surface area contributed by atoms with E-state index in [2.05, 4.69) is 0 Å². The first-order chi connectivity index (χ1) is 18.0. The highest BCUT2D eigenvalue weighted by molar-refractivity contribution is 7.89. The number of hydrogen-bond acceptors (Lipinski definition) is 4. The summed E-state index contributed by atoms with van der Waals surface area (Å²) >= 11 is 12.6. The van der Waals surface area contributed by atoms with Gasteiger partial charge in [-0.3, -0.25) is 9.59 Å². The number of amides is 1. The lowest BCUT2D eigenvalue weighted by Crippen LogP contribution is -2.59. The number of carboxylic acids is 1. The molecule has 1 amide bonds. The van der Waals surface area contributed by atoms with E-state index in [0.29, 0.717) is 29.6 Å². The highest BCUT2D eigenvalue weighted by Gasteiger charge is 2.55. The Labute approximate surface area is 233 Å². The number of rotatable bonds is 9. The number of halogens is 2. The van der Waals surface area contributed by atoms with Gasteiger partial charge < -0.3 is 10.0 Å². The Morgan fingerprint density at radius 1 is 1.08 bits per heavy atom. The van der Waals surface area contributed by atoms with Crippen LogP contribution in [0, 0.1) is 11.3 Å². The maximum Gasteiger partial charge on any atom is 0.304 e. The number of likely N-dealkylation sites (tertiary alicyclic amines) is 1. The van der Waals surface area contributed by atoms with E-state index in [0.717, 1.165) is 30.4 Å².